The van der Waals surface area contributed by atoms with E-state index >= 15 is 0 Å². The standard InChI is InChI=1S/C19H23N3O3S.ClH/c1-14-7-9-15(10-8-14)26(24,25)21-12-11-19(23)22-13-3-4-16-17(20)5-2-6-18(16)22;/h2,5-10,21H,3-4,11-13,20H2,1H3;1H. The van der Waals surface area contributed by atoms with Crippen molar-refractivity contribution in [2.75, 3.05) is 23.7 Å². The molecular formula is C19H24ClN3O3S. The molecule has 0 aliphatic carbocycles. The molecule has 0 aromatic heterocycles. The first-order chi connectivity index (χ1) is 12.4. The number of rotatable bonds is 5. The Labute approximate surface area is 166 Å². The van der Waals surface area contributed by atoms with Crippen LogP contribution in [0.1, 0.15) is 24.0 Å². The van der Waals surface area contributed by atoms with Gasteiger partial charge in [0.2, 0.25) is 15.9 Å². The Morgan fingerprint density at radius 3 is 2.59 bits per heavy atom. The molecule has 0 saturated heterocycles. The summed E-state index contributed by atoms with van der Waals surface area (Å²) in [6.07, 6.45) is 1.80. The topological polar surface area (TPSA) is 92.5 Å². The number of hydrogen-bond acceptors (Lipinski definition) is 4. The Morgan fingerprint density at radius 1 is 1.19 bits per heavy atom. The second-order valence-corrected chi connectivity index (χ2v) is 8.22. The first kappa shape index (κ1) is 21.2. The van der Waals surface area contributed by atoms with Crippen LogP contribution in [0.25, 0.3) is 0 Å². The van der Waals surface area contributed by atoms with E-state index in [4.69, 9.17) is 5.73 Å². The van der Waals surface area contributed by atoms with Crippen molar-refractivity contribution < 1.29 is 13.2 Å². The van der Waals surface area contributed by atoms with E-state index in [2.05, 4.69) is 4.72 Å². The lowest BCUT2D eigenvalue weighted by molar-refractivity contribution is -0.118. The minimum absolute atomic E-state index is 0. The Balaban J connectivity index is 0.00000261. The molecule has 1 aliphatic heterocycles. The molecule has 27 heavy (non-hydrogen) atoms. The molecule has 0 spiro atoms. The van der Waals surface area contributed by atoms with E-state index in [0.717, 1.165) is 29.7 Å². The Morgan fingerprint density at radius 2 is 1.89 bits per heavy atom. The lowest BCUT2D eigenvalue weighted by Crippen LogP contribution is -2.38. The van der Waals surface area contributed by atoms with Gasteiger partial charge in [-0.05, 0) is 49.6 Å². The Hall–Kier alpha value is -2.09. The maximum absolute atomic E-state index is 12.6. The minimum Gasteiger partial charge on any atom is -0.398 e. The monoisotopic (exact) mass is 409 g/mol. The zero-order valence-corrected chi connectivity index (χ0v) is 16.8. The van der Waals surface area contributed by atoms with Gasteiger partial charge in [0.1, 0.15) is 0 Å². The number of nitrogen functional groups attached to an aromatic ring is 1. The van der Waals surface area contributed by atoms with Gasteiger partial charge < -0.3 is 10.6 Å². The highest BCUT2D eigenvalue weighted by molar-refractivity contribution is 7.89. The zero-order chi connectivity index (χ0) is 18.7. The maximum atomic E-state index is 12.6. The molecule has 1 aliphatic rings. The van der Waals surface area contributed by atoms with Crippen LogP contribution in [0, 0.1) is 6.92 Å². The quantitative estimate of drug-likeness (QED) is 0.742. The van der Waals surface area contributed by atoms with Crippen LogP contribution in [-0.2, 0) is 21.2 Å². The van der Waals surface area contributed by atoms with Crippen molar-refractivity contribution in [3.05, 3.63) is 53.6 Å². The van der Waals surface area contributed by atoms with Crippen LogP contribution in [0.3, 0.4) is 0 Å². The van der Waals surface area contributed by atoms with Crippen LogP contribution in [0.15, 0.2) is 47.4 Å². The van der Waals surface area contributed by atoms with Crippen LogP contribution in [0.2, 0.25) is 0 Å². The van der Waals surface area contributed by atoms with E-state index in [-0.39, 0.29) is 36.2 Å². The summed E-state index contributed by atoms with van der Waals surface area (Å²) in [4.78, 5) is 14.5. The Bertz CT molecular complexity index is 914. The molecule has 6 nitrogen and oxygen atoms in total. The third-order valence-electron chi connectivity index (χ3n) is 4.55. The normalized spacial score (nSPS) is 13.6. The molecular weight excluding hydrogens is 386 g/mol. The number of carbonyl (C=O) groups is 1. The number of nitrogens with one attached hydrogen (secondary N) is 1. The molecule has 146 valence electrons. The molecule has 0 saturated carbocycles. The summed E-state index contributed by atoms with van der Waals surface area (Å²) in [5, 5.41) is 0. The summed E-state index contributed by atoms with van der Waals surface area (Å²) >= 11 is 0. The molecule has 0 atom stereocenters. The number of nitrogens with two attached hydrogens (primary N) is 1. The van der Waals surface area contributed by atoms with Gasteiger partial charge >= 0.3 is 0 Å². The SMILES string of the molecule is Cc1ccc(S(=O)(=O)NCCC(=O)N2CCCc3c(N)cccc32)cc1.Cl. The fourth-order valence-corrected chi connectivity index (χ4v) is 4.17. The second kappa shape index (κ2) is 8.73. The number of aryl methyl sites for hydroxylation is 1. The van der Waals surface area contributed by atoms with Gasteiger partial charge in [-0.3, -0.25) is 4.79 Å². The molecule has 1 heterocycles. The number of benzene rings is 2. The smallest absolute Gasteiger partial charge is 0.240 e. The average Bonchev–Trinajstić information content (AvgIpc) is 2.62. The van der Waals surface area contributed by atoms with Crippen molar-refractivity contribution in [2.24, 2.45) is 0 Å². The van der Waals surface area contributed by atoms with E-state index in [1.54, 1.807) is 29.2 Å². The first-order valence-electron chi connectivity index (χ1n) is 8.62. The van der Waals surface area contributed by atoms with Crippen molar-refractivity contribution in [3.8, 4) is 0 Å². The molecule has 0 fully saturated rings. The lowest BCUT2D eigenvalue weighted by Gasteiger charge is -2.30. The van der Waals surface area contributed by atoms with Crippen molar-refractivity contribution in [1.82, 2.24) is 4.72 Å². The summed E-state index contributed by atoms with van der Waals surface area (Å²) in [5.41, 5.74) is 9.52. The van der Waals surface area contributed by atoms with Gasteiger partial charge in [-0.2, -0.15) is 0 Å². The highest BCUT2D eigenvalue weighted by atomic mass is 35.5. The van der Waals surface area contributed by atoms with E-state index in [1.165, 1.54) is 0 Å². The highest BCUT2D eigenvalue weighted by Gasteiger charge is 2.24. The number of halogens is 1. The molecule has 3 N–H and O–H groups in total. The number of nitrogens with zero attached hydrogens (tertiary/aromatic N) is 1. The van der Waals surface area contributed by atoms with Gasteiger partial charge in [0.05, 0.1) is 4.90 Å². The highest BCUT2D eigenvalue weighted by Crippen LogP contribution is 2.31. The van der Waals surface area contributed by atoms with Crippen molar-refractivity contribution in [2.45, 2.75) is 31.1 Å². The van der Waals surface area contributed by atoms with Gasteiger partial charge in [0.25, 0.3) is 0 Å². The number of sulfonamides is 1. The van der Waals surface area contributed by atoms with E-state index in [0.29, 0.717) is 12.2 Å². The van der Waals surface area contributed by atoms with Crippen LogP contribution < -0.4 is 15.4 Å². The minimum atomic E-state index is -3.61. The summed E-state index contributed by atoms with van der Waals surface area (Å²) < 4.78 is 27.1. The van der Waals surface area contributed by atoms with Crippen molar-refractivity contribution in [1.29, 1.82) is 0 Å². The summed E-state index contributed by atoms with van der Waals surface area (Å²) in [6, 6.07) is 12.2. The predicted molar refractivity (Wildman–Crippen MR) is 110 cm³/mol. The van der Waals surface area contributed by atoms with E-state index in [1.807, 2.05) is 25.1 Å². The van der Waals surface area contributed by atoms with E-state index < -0.39 is 10.0 Å². The molecule has 0 radical (unpaired) electrons. The predicted octanol–water partition coefficient (Wildman–Crippen LogP) is 2.65. The van der Waals surface area contributed by atoms with Crippen molar-refractivity contribution >= 4 is 39.7 Å². The largest absolute Gasteiger partial charge is 0.398 e. The molecule has 2 aromatic rings. The van der Waals surface area contributed by atoms with Crippen LogP contribution in [0.5, 0.6) is 0 Å². The molecule has 0 unspecified atom stereocenters. The summed E-state index contributed by atoms with van der Waals surface area (Å²) in [6.45, 7) is 2.58. The number of amides is 1. The second-order valence-electron chi connectivity index (χ2n) is 6.45. The third-order valence-corrected chi connectivity index (χ3v) is 6.03. The van der Waals surface area contributed by atoms with Crippen molar-refractivity contribution in [3.63, 3.8) is 0 Å². The maximum Gasteiger partial charge on any atom is 0.240 e. The summed E-state index contributed by atoms with van der Waals surface area (Å²) in [5.74, 6) is -0.108. The number of carbonyl (C=O) groups excluding carboxylic acids is 1. The van der Waals surface area contributed by atoms with Gasteiger partial charge in [-0.15, -0.1) is 12.4 Å². The van der Waals surface area contributed by atoms with Gasteiger partial charge in [0, 0.05) is 30.9 Å². The molecule has 3 rings (SSSR count). The molecule has 8 heteroatoms. The third kappa shape index (κ3) is 4.80. The van der Waals surface area contributed by atoms with Gasteiger partial charge in [0.15, 0.2) is 0 Å². The fourth-order valence-electron chi connectivity index (χ4n) is 3.14. The molecule has 1 amide bonds. The number of fused-ring (bicyclic) bond motifs is 1. The molecule has 2 aromatic carbocycles. The first-order valence-corrected chi connectivity index (χ1v) is 10.1. The number of hydrogen-bond donors (Lipinski definition) is 2. The van der Waals surface area contributed by atoms with Crippen LogP contribution >= 0.6 is 12.4 Å². The van der Waals surface area contributed by atoms with Crippen LogP contribution in [0.4, 0.5) is 11.4 Å². The van der Waals surface area contributed by atoms with Gasteiger partial charge in [-0.25, -0.2) is 13.1 Å². The average molecular weight is 410 g/mol. The van der Waals surface area contributed by atoms with Crippen LogP contribution in [-0.4, -0.2) is 27.4 Å². The molecule has 0 bridgehead atoms. The Kier molecular flexibility index (Phi) is 6.86. The zero-order valence-electron chi connectivity index (χ0n) is 15.1. The fraction of sp³-hybridized carbons (Fsp3) is 0.316. The summed E-state index contributed by atoms with van der Waals surface area (Å²) in [7, 11) is -3.61. The lowest BCUT2D eigenvalue weighted by atomic mass is 9.99. The van der Waals surface area contributed by atoms with Gasteiger partial charge in [-0.1, -0.05) is 23.8 Å². The number of anilines is 2. The van der Waals surface area contributed by atoms with E-state index in [9.17, 15) is 13.2 Å².